The van der Waals surface area contributed by atoms with E-state index in [1.165, 1.54) is 29.7 Å². The number of carbonyl (C=O) groups is 1. The fourth-order valence-electron chi connectivity index (χ4n) is 8.39. The average molecular weight is 580 g/mol. The number of carboxylic acid groups (broad SMARTS) is 1. The van der Waals surface area contributed by atoms with Gasteiger partial charge < -0.3 is 25.0 Å². The Labute approximate surface area is 250 Å². The number of nitrogens with one attached hydrogen (secondary N) is 1. The molecule has 0 amide bonds. The van der Waals surface area contributed by atoms with Gasteiger partial charge in [0.2, 0.25) is 5.95 Å². The molecule has 10 heteroatoms. The van der Waals surface area contributed by atoms with E-state index in [4.69, 9.17) is 9.97 Å². The van der Waals surface area contributed by atoms with Gasteiger partial charge in [0.25, 0.3) is 0 Å². The molecule has 3 fully saturated rings. The maximum absolute atomic E-state index is 11.2. The highest BCUT2D eigenvalue weighted by Crippen LogP contribution is 2.60. The summed E-state index contributed by atoms with van der Waals surface area (Å²) in [6, 6.07) is 9.92. The molecule has 1 atom stereocenters. The van der Waals surface area contributed by atoms with E-state index in [0.29, 0.717) is 28.6 Å². The van der Waals surface area contributed by atoms with Gasteiger partial charge in [-0.05, 0) is 93.6 Å². The Bertz CT molecular complexity index is 1680. The van der Waals surface area contributed by atoms with Crippen molar-refractivity contribution >= 4 is 23.0 Å². The van der Waals surface area contributed by atoms with Crippen molar-refractivity contribution in [2.24, 2.45) is 11.3 Å². The number of fused-ring (bicyclic) bond motifs is 3. The molecular weight excluding hydrogens is 542 g/mol. The Balaban J connectivity index is 0.932. The van der Waals surface area contributed by atoms with E-state index in [-0.39, 0.29) is 17.7 Å². The normalized spacial score (nSPS) is 27.6. The molecule has 43 heavy (non-hydrogen) atoms. The van der Waals surface area contributed by atoms with Crippen LogP contribution in [0.2, 0.25) is 0 Å². The Kier molecular flexibility index (Phi) is 6.18. The topological polar surface area (TPSA) is 131 Å². The SMILES string of the molecule is C[C@H]1c2c([nH]c3nnc(-c4ccccc4O)cc23)CCN1c1ncc(C2CCN(C3CC4(CC(C(=O)O)C4)C3)CC2)cn1. The van der Waals surface area contributed by atoms with Gasteiger partial charge in [-0.1, -0.05) is 12.1 Å². The van der Waals surface area contributed by atoms with Crippen LogP contribution in [0.1, 0.15) is 74.2 Å². The van der Waals surface area contributed by atoms with Crippen LogP contribution in [0.4, 0.5) is 5.95 Å². The summed E-state index contributed by atoms with van der Waals surface area (Å²) in [5.74, 6) is 0.690. The van der Waals surface area contributed by atoms with E-state index in [2.05, 4.69) is 31.9 Å². The van der Waals surface area contributed by atoms with Crippen molar-refractivity contribution in [2.45, 2.75) is 69.9 Å². The number of hydrogen-bond acceptors (Lipinski definition) is 8. The van der Waals surface area contributed by atoms with Crippen LogP contribution in [-0.4, -0.2) is 71.9 Å². The number of nitrogens with zero attached hydrogens (tertiary/aromatic N) is 6. The molecule has 1 spiro atoms. The van der Waals surface area contributed by atoms with Gasteiger partial charge in [0.15, 0.2) is 5.65 Å². The lowest BCUT2D eigenvalue weighted by atomic mass is 9.49. The summed E-state index contributed by atoms with van der Waals surface area (Å²) in [5, 5.41) is 29.4. The number of hydrogen-bond donors (Lipinski definition) is 3. The van der Waals surface area contributed by atoms with Crippen LogP contribution in [0.5, 0.6) is 5.75 Å². The molecule has 4 aromatic rings. The maximum Gasteiger partial charge on any atom is 0.306 e. The van der Waals surface area contributed by atoms with Gasteiger partial charge in [0.05, 0.1) is 17.7 Å². The minimum absolute atomic E-state index is 0.0558. The van der Waals surface area contributed by atoms with E-state index >= 15 is 0 Å². The lowest BCUT2D eigenvalue weighted by Gasteiger charge is -2.59. The minimum Gasteiger partial charge on any atom is -0.507 e. The molecule has 2 aliphatic heterocycles. The predicted molar refractivity (Wildman–Crippen MR) is 162 cm³/mol. The smallest absolute Gasteiger partial charge is 0.306 e. The van der Waals surface area contributed by atoms with Crippen LogP contribution in [-0.2, 0) is 11.2 Å². The quantitative estimate of drug-likeness (QED) is 0.297. The number of piperidine rings is 1. The van der Waals surface area contributed by atoms with E-state index in [0.717, 1.165) is 68.7 Å². The summed E-state index contributed by atoms with van der Waals surface area (Å²) in [6.07, 6.45) is 11.2. The molecule has 10 nitrogen and oxygen atoms in total. The highest BCUT2D eigenvalue weighted by atomic mass is 16.4. The van der Waals surface area contributed by atoms with Gasteiger partial charge in [0, 0.05) is 53.6 Å². The number of H-pyrrole nitrogens is 1. The fourth-order valence-corrected chi connectivity index (χ4v) is 8.39. The van der Waals surface area contributed by atoms with Gasteiger partial charge >= 0.3 is 5.97 Å². The minimum atomic E-state index is -0.616. The van der Waals surface area contributed by atoms with Gasteiger partial charge in [-0.15, -0.1) is 10.2 Å². The van der Waals surface area contributed by atoms with Crippen molar-refractivity contribution in [2.75, 3.05) is 24.5 Å². The van der Waals surface area contributed by atoms with Crippen LogP contribution in [0, 0.1) is 11.3 Å². The van der Waals surface area contributed by atoms with Gasteiger partial charge in [-0.3, -0.25) is 4.79 Å². The van der Waals surface area contributed by atoms with Crippen LogP contribution in [0.15, 0.2) is 42.7 Å². The Morgan fingerprint density at radius 1 is 1.02 bits per heavy atom. The Morgan fingerprint density at radius 3 is 2.49 bits per heavy atom. The molecule has 5 heterocycles. The van der Waals surface area contributed by atoms with E-state index < -0.39 is 5.97 Å². The second-order valence-electron chi connectivity index (χ2n) is 13.3. The zero-order chi connectivity index (χ0) is 29.3. The number of phenolic OH excluding ortho intramolecular Hbond substituents is 1. The first-order chi connectivity index (χ1) is 20.9. The Hall–Kier alpha value is -4.05. The van der Waals surface area contributed by atoms with Crippen molar-refractivity contribution in [3.63, 3.8) is 0 Å². The third kappa shape index (κ3) is 4.45. The summed E-state index contributed by atoms with van der Waals surface area (Å²) in [5.41, 5.74) is 5.98. The summed E-state index contributed by atoms with van der Waals surface area (Å²) in [6.45, 7) is 5.18. The number of anilines is 1. The molecule has 3 N–H and O–H groups in total. The van der Waals surface area contributed by atoms with Crippen LogP contribution in [0.25, 0.3) is 22.3 Å². The van der Waals surface area contributed by atoms with E-state index in [9.17, 15) is 15.0 Å². The number of aliphatic carboxylic acids is 1. The number of para-hydroxylation sites is 1. The number of aromatic nitrogens is 5. The molecule has 3 aromatic heterocycles. The van der Waals surface area contributed by atoms with Gasteiger partial charge in [-0.2, -0.15) is 0 Å². The second-order valence-corrected chi connectivity index (χ2v) is 13.3. The van der Waals surface area contributed by atoms with Gasteiger partial charge in [0.1, 0.15) is 5.75 Å². The third-order valence-electron chi connectivity index (χ3n) is 10.8. The predicted octanol–water partition coefficient (Wildman–Crippen LogP) is 5.07. The lowest BCUT2D eigenvalue weighted by Crippen LogP contribution is -2.58. The highest BCUT2D eigenvalue weighted by Gasteiger charge is 2.56. The summed E-state index contributed by atoms with van der Waals surface area (Å²) in [7, 11) is 0. The van der Waals surface area contributed by atoms with E-state index in [1.54, 1.807) is 12.1 Å². The standard InChI is InChI=1S/C33H37N7O3/c1-19-29-25-12-27(24-4-2-3-5-28(24)41)37-38-30(25)36-26(29)8-11-40(19)32-34-17-22(18-35-32)20-6-9-39(10-7-20)23-15-33(16-23)13-21(14-33)31(42)43/h2-5,12,17-21,23,41H,6-11,13-16H2,1H3,(H,36,38)(H,42,43)/t19-,21?,23?,33?/m0/s1. The maximum atomic E-state index is 11.2. The molecular formula is C33H37N7O3. The summed E-state index contributed by atoms with van der Waals surface area (Å²) in [4.78, 5) is 29.3. The van der Waals surface area contributed by atoms with Crippen LogP contribution in [0.3, 0.4) is 0 Å². The molecule has 1 saturated heterocycles. The molecule has 0 bridgehead atoms. The van der Waals surface area contributed by atoms with Crippen molar-refractivity contribution in [3.05, 3.63) is 59.5 Å². The zero-order valence-electron chi connectivity index (χ0n) is 24.4. The molecule has 2 saturated carbocycles. The monoisotopic (exact) mass is 579 g/mol. The molecule has 1 aromatic carbocycles. The average Bonchev–Trinajstić information content (AvgIpc) is 3.35. The van der Waals surface area contributed by atoms with E-state index in [1.807, 2.05) is 30.6 Å². The number of benzene rings is 1. The first-order valence-corrected chi connectivity index (χ1v) is 15.6. The summed E-state index contributed by atoms with van der Waals surface area (Å²) >= 11 is 0. The van der Waals surface area contributed by atoms with Crippen molar-refractivity contribution < 1.29 is 15.0 Å². The summed E-state index contributed by atoms with van der Waals surface area (Å²) < 4.78 is 0. The highest BCUT2D eigenvalue weighted by molar-refractivity contribution is 5.86. The van der Waals surface area contributed by atoms with Crippen LogP contribution < -0.4 is 4.90 Å². The number of likely N-dealkylation sites (tertiary alicyclic amines) is 1. The Morgan fingerprint density at radius 2 is 1.77 bits per heavy atom. The first kappa shape index (κ1) is 26.6. The van der Waals surface area contributed by atoms with Gasteiger partial charge in [-0.25, -0.2) is 9.97 Å². The number of aromatic amines is 1. The molecule has 8 rings (SSSR count). The number of phenols is 1. The second kappa shape index (κ2) is 10.0. The molecule has 4 aliphatic rings. The molecule has 0 radical (unpaired) electrons. The third-order valence-corrected chi connectivity index (χ3v) is 10.8. The largest absolute Gasteiger partial charge is 0.507 e. The first-order valence-electron chi connectivity index (χ1n) is 15.6. The van der Waals surface area contributed by atoms with Crippen molar-refractivity contribution in [1.29, 1.82) is 0 Å². The number of rotatable bonds is 5. The van der Waals surface area contributed by atoms with Crippen molar-refractivity contribution in [3.8, 4) is 17.0 Å². The molecule has 222 valence electrons. The van der Waals surface area contributed by atoms with Crippen LogP contribution >= 0.6 is 0 Å². The zero-order valence-corrected chi connectivity index (χ0v) is 24.4. The number of carboxylic acids is 1. The lowest BCUT2D eigenvalue weighted by molar-refractivity contribution is -0.160. The number of aromatic hydroxyl groups is 1. The molecule has 0 unspecified atom stereocenters. The molecule has 2 aliphatic carbocycles. The van der Waals surface area contributed by atoms with Crippen molar-refractivity contribution in [1.82, 2.24) is 30.0 Å². The fraction of sp³-hybridized carbons (Fsp3) is 0.485.